The number of nitrogens with one attached hydrogen (secondary N) is 2. The van der Waals surface area contributed by atoms with Crippen LogP contribution in [0.1, 0.15) is 24.8 Å². The summed E-state index contributed by atoms with van der Waals surface area (Å²) >= 11 is 0. The highest BCUT2D eigenvalue weighted by atomic mass is 16.5. The zero-order valence-electron chi connectivity index (χ0n) is 12.5. The zero-order valence-corrected chi connectivity index (χ0v) is 12.5. The Kier molecular flexibility index (Phi) is 7.39. The fourth-order valence-corrected chi connectivity index (χ4v) is 1.83. The summed E-state index contributed by atoms with van der Waals surface area (Å²) in [7, 11) is 0. The van der Waals surface area contributed by atoms with Crippen LogP contribution in [0.3, 0.4) is 0 Å². The zero-order chi connectivity index (χ0) is 16.4. The quantitative estimate of drug-likeness (QED) is 0.593. The Labute approximate surface area is 129 Å². The summed E-state index contributed by atoms with van der Waals surface area (Å²) in [6.07, 6.45) is 2.04. The third kappa shape index (κ3) is 5.78. The molecule has 0 heterocycles. The lowest BCUT2D eigenvalue weighted by atomic mass is 9.97. The predicted molar refractivity (Wildman–Crippen MR) is 82.2 cm³/mol. The van der Waals surface area contributed by atoms with Gasteiger partial charge in [-0.2, -0.15) is 0 Å². The molecule has 0 saturated carbocycles. The van der Waals surface area contributed by atoms with E-state index in [4.69, 9.17) is 4.74 Å². The largest absolute Gasteiger partial charge is 0.455 e. The second-order valence-corrected chi connectivity index (χ2v) is 4.53. The Hall–Kier alpha value is -2.63. The maximum atomic E-state index is 12.0. The topological polar surface area (TPSA) is 84.5 Å². The molecule has 0 aliphatic heterocycles. The predicted octanol–water partition coefficient (Wildman–Crippen LogP) is 1.74. The van der Waals surface area contributed by atoms with Crippen LogP contribution in [-0.2, 0) is 14.3 Å². The maximum Gasteiger partial charge on any atom is 0.321 e. The maximum absolute atomic E-state index is 12.0. The van der Waals surface area contributed by atoms with Gasteiger partial charge in [0, 0.05) is 6.54 Å². The first-order valence-electron chi connectivity index (χ1n) is 6.98. The van der Waals surface area contributed by atoms with Gasteiger partial charge < -0.3 is 10.1 Å². The number of esters is 1. The molecule has 0 radical (unpaired) electrons. The van der Waals surface area contributed by atoms with Crippen molar-refractivity contribution in [3.63, 3.8) is 0 Å². The molecule has 0 unspecified atom stereocenters. The van der Waals surface area contributed by atoms with E-state index in [-0.39, 0.29) is 6.54 Å². The number of urea groups is 1. The second-order valence-electron chi connectivity index (χ2n) is 4.53. The summed E-state index contributed by atoms with van der Waals surface area (Å²) in [6.45, 7) is 5.04. The summed E-state index contributed by atoms with van der Waals surface area (Å²) in [5, 5.41) is 4.43. The Morgan fingerprint density at radius 2 is 1.95 bits per heavy atom. The molecule has 1 atom stereocenters. The van der Waals surface area contributed by atoms with Crippen LogP contribution in [0.4, 0.5) is 4.79 Å². The Morgan fingerprint density at radius 1 is 1.27 bits per heavy atom. The van der Waals surface area contributed by atoms with Gasteiger partial charge in [0.25, 0.3) is 5.91 Å². The van der Waals surface area contributed by atoms with E-state index in [1.807, 2.05) is 37.3 Å². The van der Waals surface area contributed by atoms with Crippen molar-refractivity contribution in [2.45, 2.75) is 19.3 Å². The SMILES string of the molecule is C=CCNC(=O)NC(=O)COC(=O)[C@H](CC)c1ccccc1. The van der Waals surface area contributed by atoms with Gasteiger partial charge in [-0.1, -0.05) is 43.3 Å². The van der Waals surface area contributed by atoms with Gasteiger partial charge in [-0.05, 0) is 12.0 Å². The van der Waals surface area contributed by atoms with Crippen molar-refractivity contribution in [3.05, 3.63) is 48.6 Å². The third-order valence-electron chi connectivity index (χ3n) is 2.90. The molecule has 2 N–H and O–H groups in total. The molecule has 0 aliphatic rings. The molecule has 0 bridgehead atoms. The van der Waals surface area contributed by atoms with E-state index in [1.54, 1.807) is 0 Å². The molecule has 1 rings (SSSR count). The molecule has 0 spiro atoms. The van der Waals surface area contributed by atoms with Crippen LogP contribution in [0.25, 0.3) is 0 Å². The lowest BCUT2D eigenvalue weighted by Gasteiger charge is -2.14. The number of carbonyl (C=O) groups is 3. The van der Waals surface area contributed by atoms with Crippen LogP contribution < -0.4 is 10.6 Å². The van der Waals surface area contributed by atoms with Gasteiger partial charge in [0.2, 0.25) is 0 Å². The number of hydrogen-bond acceptors (Lipinski definition) is 4. The monoisotopic (exact) mass is 304 g/mol. The van der Waals surface area contributed by atoms with E-state index in [0.717, 1.165) is 5.56 Å². The molecule has 6 heteroatoms. The molecule has 22 heavy (non-hydrogen) atoms. The Morgan fingerprint density at radius 3 is 2.55 bits per heavy atom. The van der Waals surface area contributed by atoms with Crippen molar-refractivity contribution < 1.29 is 19.1 Å². The molecule has 0 aromatic heterocycles. The summed E-state index contributed by atoms with van der Waals surface area (Å²) < 4.78 is 4.97. The molecule has 6 nitrogen and oxygen atoms in total. The summed E-state index contributed by atoms with van der Waals surface area (Å²) in [5.41, 5.74) is 0.833. The molecule has 0 aliphatic carbocycles. The smallest absolute Gasteiger partial charge is 0.321 e. The van der Waals surface area contributed by atoms with Crippen molar-refractivity contribution >= 4 is 17.9 Å². The number of ether oxygens (including phenoxy) is 1. The lowest BCUT2D eigenvalue weighted by Crippen LogP contribution is -2.41. The first-order chi connectivity index (χ1) is 10.6. The number of rotatable bonds is 7. The van der Waals surface area contributed by atoms with E-state index in [0.29, 0.717) is 6.42 Å². The van der Waals surface area contributed by atoms with E-state index < -0.39 is 30.4 Å². The van der Waals surface area contributed by atoms with Gasteiger partial charge in [-0.25, -0.2) is 4.79 Å². The van der Waals surface area contributed by atoms with Crippen LogP contribution in [0.5, 0.6) is 0 Å². The van der Waals surface area contributed by atoms with Crippen molar-refractivity contribution in [1.82, 2.24) is 10.6 Å². The van der Waals surface area contributed by atoms with Gasteiger partial charge in [-0.3, -0.25) is 14.9 Å². The Bertz CT molecular complexity index is 528. The number of benzene rings is 1. The van der Waals surface area contributed by atoms with Gasteiger partial charge in [-0.15, -0.1) is 6.58 Å². The van der Waals surface area contributed by atoms with Crippen molar-refractivity contribution in [1.29, 1.82) is 0 Å². The highest BCUT2D eigenvalue weighted by Gasteiger charge is 2.21. The standard InChI is InChI=1S/C16H20N2O4/c1-3-10-17-16(21)18-14(19)11-22-15(20)13(4-2)12-8-6-5-7-9-12/h3,5-9,13H,1,4,10-11H2,2H3,(H2,17,18,19,21)/t13-/m1/s1. The first-order valence-corrected chi connectivity index (χ1v) is 6.98. The molecule has 1 aromatic carbocycles. The highest BCUT2D eigenvalue weighted by Crippen LogP contribution is 2.20. The average Bonchev–Trinajstić information content (AvgIpc) is 2.52. The second kappa shape index (κ2) is 9.33. The molecule has 118 valence electrons. The first kappa shape index (κ1) is 17.4. The summed E-state index contributed by atoms with van der Waals surface area (Å²) in [4.78, 5) is 34.8. The molecule has 1 aromatic rings. The fourth-order valence-electron chi connectivity index (χ4n) is 1.83. The average molecular weight is 304 g/mol. The van der Waals surface area contributed by atoms with Crippen LogP contribution in [0.2, 0.25) is 0 Å². The van der Waals surface area contributed by atoms with Gasteiger partial charge in [0.15, 0.2) is 6.61 Å². The Balaban J connectivity index is 2.45. The minimum atomic E-state index is -0.683. The van der Waals surface area contributed by atoms with Crippen LogP contribution in [0.15, 0.2) is 43.0 Å². The van der Waals surface area contributed by atoms with E-state index in [2.05, 4.69) is 17.2 Å². The number of hydrogen-bond donors (Lipinski definition) is 2. The van der Waals surface area contributed by atoms with Gasteiger partial charge in [0.05, 0.1) is 5.92 Å². The molecular weight excluding hydrogens is 284 g/mol. The molecule has 0 fully saturated rings. The van der Waals surface area contributed by atoms with Gasteiger partial charge in [0.1, 0.15) is 0 Å². The van der Waals surface area contributed by atoms with Crippen molar-refractivity contribution in [3.8, 4) is 0 Å². The van der Waals surface area contributed by atoms with Crippen molar-refractivity contribution in [2.24, 2.45) is 0 Å². The number of imide groups is 1. The molecular formula is C16H20N2O4. The van der Waals surface area contributed by atoms with Gasteiger partial charge >= 0.3 is 12.0 Å². The molecule has 3 amide bonds. The third-order valence-corrected chi connectivity index (χ3v) is 2.90. The normalized spacial score (nSPS) is 11.1. The van der Waals surface area contributed by atoms with Crippen molar-refractivity contribution in [2.75, 3.05) is 13.2 Å². The minimum absolute atomic E-state index is 0.241. The number of carbonyl (C=O) groups excluding carboxylic acids is 3. The van der Waals surface area contributed by atoms with Crippen LogP contribution in [0, 0.1) is 0 Å². The van der Waals surface area contributed by atoms with Crippen LogP contribution in [-0.4, -0.2) is 31.1 Å². The number of amides is 3. The summed E-state index contributed by atoms with van der Waals surface area (Å²) in [5.74, 6) is -1.60. The fraction of sp³-hybridized carbons (Fsp3) is 0.312. The van der Waals surface area contributed by atoms with E-state index >= 15 is 0 Å². The molecule has 0 saturated heterocycles. The highest BCUT2D eigenvalue weighted by molar-refractivity contribution is 5.95. The van der Waals surface area contributed by atoms with E-state index in [1.165, 1.54) is 6.08 Å². The van der Waals surface area contributed by atoms with E-state index in [9.17, 15) is 14.4 Å². The lowest BCUT2D eigenvalue weighted by molar-refractivity contribution is -0.149. The minimum Gasteiger partial charge on any atom is -0.455 e. The summed E-state index contributed by atoms with van der Waals surface area (Å²) in [6, 6.07) is 8.54. The van der Waals surface area contributed by atoms with Crippen LogP contribution >= 0.6 is 0 Å².